The first kappa shape index (κ1) is 36.4. The number of para-hydroxylation sites is 1. The van der Waals surface area contributed by atoms with Crippen molar-refractivity contribution in [3.8, 4) is 22.3 Å². The zero-order valence-electron chi connectivity index (χ0n) is 33.5. The molecule has 0 unspecified atom stereocenters. The lowest BCUT2D eigenvalue weighted by atomic mass is 9.98. The highest BCUT2D eigenvalue weighted by molar-refractivity contribution is 7.19. The maximum absolute atomic E-state index is 6.40. The van der Waals surface area contributed by atoms with Crippen LogP contribution in [0.3, 0.4) is 0 Å². The summed E-state index contributed by atoms with van der Waals surface area (Å²) < 4.78 is 6.40. The molecule has 2 nitrogen and oxygen atoms in total. The van der Waals surface area contributed by atoms with Gasteiger partial charge in [0.2, 0.25) is 0 Å². The first-order valence-corrected chi connectivity index (χ1v) is 22.9. The molecule has 0 atom stereocenters. The molecule has 0 N–H and O–H groups in total. The largest absolute Gasteiger partial charge is 0.456 e. The second kappa shape index (κ2) is 15.5. The van der Waals surface area contributed by atoms with Crippen molar-refractivity contribution in [2.45, 2.75) is 0 Å². The van der Waals surface area contributed by atoms with Gasteiger partial charge in [0.05, 0.1) is 0 Å². The van der Waals surface area contributed by atoms with Gasteiger partial charge in [-0.25, -0.2) is 0 Å². The minimum Gasteiger partial charge on any atom is -0.456 e. The van der Waals surface area contributed by atoms with Crippen LogP contribution < -0.4 is 25.6 Å². The number of hydrogen-bond acceptors (Lipinski definition) is 2. The Kier molecular flexibility index (Phi) is 9.22. The number of fused-ring (bicyclic) bond motifs is 4. The van der Waals surface area contributed by atoms with Crippen molar-refractivity contribution in [2.75, 3.05) is 4.90 Å². The Balaban J connectivity index is 0.985. The van der Waals surface area contributed by atoms with E-state index >= 15 is 0 Å². The molecule has 11 aromatic rings. The van der Waals surface area contributed by atoms with Gasteiger partial charge in [0.15, 0.2) is 8.07 Å². The van der Waals surface area contributed by atoms with Crippen LogP contribution >= 0.6 is 0 Å². The fourth-order valence-electron chi connectivity index (χ4n) is 9.35. The molecule has 0 aliphatic carbocycles. The Bertz CT molecular complexity index is 3170. The highest BCUT2D eigenvalue weighted by atomic mass is 28.3. The summed E-state index contributed by atoms with van der Waals surface area (Å²) >= 11 is 0. The molecule has 0 fully saturated rings. The Morgan fingerprint density at radius 2 is 0.738 bits per heavy atom. The molecule has 1 aromatic heterocycles. The number of benzene rings is 10. The van der Waals surface area contributed by atoms with E-state index in [1.54, 1.807) is 0 Å². The lowest BCUT2D eigenvalue weighted by Gasteiger charge is -2.34. The average molecular weight is 796 g/mol. The highest BCUT2D eigenvalue weighted by Gasteiger charge is 2.41. The van der Waals surface area contributed by atoms with Crippen LogP contribution in [0.25, 0.3) is 55.0 Å². The van der Waals surface area contributed by atoms with Crippen LogP contribution in [0.2, 0.25) is 0 Å². The topological polar surface area (TPSA) is 16.4 Å². The standard InChI is InChI=1S/C58H41NOSi/c1-4-17-49(18-5-1)61(50-19-6-2-7-20-50,51-21-8-3-9-22-51)52-38-31-43(32-39-52)42-27-33-46(34-28-42)59(48-37-40-56-55-24-12-13-26-57(55)60-58(56)41-48)47-35-29-45(30-36-47)54-25-14-16-44-15-10-11-23-53(44)54/h1-41H. The number of furan rings is 1. The van der Waals surface area contributed by atoms with E-state index in [1.165, 1.54) is 53.8 Å². The zero-order chi connectivity index (χ0) is 40.6. The summed E-state index contributed by atoms with van der Waals surface area (Å²) in [4.78, 5) is 2.33. The van der Waals surface area contributed by atoms with Crippen molar-refractivity contribution in [3.63, 3.8) is 0 Å². The van der Waals surface area contributed by atoms with E-state index in [0.29, 0.717) is 0 Å². The van der Waals surface area contributed by atoms with E-state index < -0.39 is 8.07 Å². The van der Waals surface area contributed by atoms with Crippen molar-refractivity contribution in [2.24, 2.45) is 0 Å². The third kappa shape index (κ3) is 6.44. The van der Waals surface area contributed by atoms with Crippen LogP contribution in [0.5, 0.6) is 0 Å². The average Bonchev–Trinajstić information content (AvgIpc) is 3.72. The molecule has 11 rings (SSSR count). The van der Waals surface area contributed by atoms with Gasteiger partial charge < -0.3 is 9.32 Å². The van der Waals surface area contributed by atoms with Crippen LogP contribution in [0.1, 0.15) is 0 Å². The van der Waals surface area contributed by atoms with E-state index in [2.05, 4.69) is 241 Å². The summed E-state index contributed by atoms with van der Waals surface area (Å²) in [6.45, 7) is 0. The number of nitrogens with zero attached hydrogens (tertiary/aromatic N) is 1. The Hall–Kier alpha value is -7.72. The predicted octanol–water partition coefficient (Wildman–Crippen LogP) is 12.9. The van der Waals surface area contributed by atoms with Crippen LogP contribution in [0.15, 0.2) is 253 Å². The van der Waals surface area contributed by atoms with Crippen molar-refractivity contribution in [1.82, 2.24) is 0 Å². The van der Waals surface area contributed by atoms with Crippen molar-refractivity contribution >= 4 is 78.6 Å². The third-order valence-electron chi connectivity index (χ3n) is 12.2. The second-order valence-electron chi connectivity index (χ2n) is 15.7. The quantitative estimate of drug-likeness (QED) is 0.107. The minimum atomic E-state index is -2.61. The van der Waals surface area contributed by atoms with Crippen molar-refractivity contribution in [1.29, 1.82) is 0 Å². The molecule has 0 saturated carbocycles. The second-order valence-corrected chi connectivity index (χ2v) is 19.5. The summed E-state index contributed by atoms with van der Waals surface area (Å²) in [5.41, 5.74) is 9.70. The maximum atomic E-state index is 6.40. The molecule has 0 saturated heterocycles. The van der Waals surface area contributed by atoms with Gasteiger partial charge in [-0.15, -0.1) is 0 Å². The number of rotatable bonds is 9. The van der Waals surface area contributed by atoms with E-state index in [-0.39, 0.29) is 0 Å². The molecule has 3 heteroatoms. The number of anilines is 3. The summed E-state index contributed by atoms with van der Waals surface area (Å²) in [5, 5.41) is 10.2. The van der Waals surface area contributed by atoms with Gasteiger partial charge in [0.1, 0.15) is 11.2 Å². The lowest BCUT2D eigenvalue weighted by molar-refractivity contribution is 0.669. The van der Waals surface area contributed by atoms with Crippen LogP contribution in [0.4, 0.5) is 17.1 Å². The van der Waals surface area contributed by atoms with Gasteiger partial charge in [-0.1, -0.05) is 200 Å². The van der Waals surface area contributed by atoms with E-state index in [1.807, 2.05) is 12.1 Å². The number of hydrogen-bond donors (Lipinski definition) is 0. The first-order chi connectivity index (χ1) is 30.2. The van der Waals surface area contributed by atoms with Crippen molar-refractivity contribution < 1.29 is 4.42 Å². The summed E-state index contributed by atoms with van der Waals surface area (Å²) in [7, 11) is -2.61. The monoisotopic (exact) mass is 795 g/mol. The van der Waals surface area contributed by atoms with E-state index in [4.69, 9.17) is 4.42 Å². The van der Waals surface area contributed by atoms with Gasteiger partial charge in [-0.3, -0.25) is 0 Å². The van der Waals surface area contributed by atoms with Gasteiger partial charge in [0, 0.05) is 33.9 Å². The Morgan fingerprint density at radius 1 is 0.295 bits per heavy atom. The van der Waals surface area contributed by atoms with Crippen LogP contribution in [-0.2, 0) is 0 Å². The van der Waals surface area contributed by atoms with Crippen LogP contribution in [-0.4, -0.2) is 8.07 Å². The zero-order valence-corrected chi connectivity index (χ0v) is 34.5. The molecule has 288 valence electrons. The third-order valence-corrected chi connectivity index (χ3v) is 17.0. The van der Waals surface area contributed by atoms with Crippen LogP contribution in [0, 0.1) is 0 Å². The van der Waals surface area contributed by atoms with Gasteiger partial charge in [0.25, 0.3) is 0 Å². The predicted molar refractivity (Wildman–Crippen MR) is 260 cm³/mol. The molecule has 0 aliphatic rings. The minimum absolute atomic E-state index is 0.869. The normalized spacial score (nSPS) is 11.6. The van der Waals surface area contributed by atoms with E-state index in [0.717, 1.165) is 39.0 Å². The smallest absolute Gasteiger partial charge is 0.179 e. The molecule has 0 amide bonds. The fourth-order valence-corrected chi connectivity index (χ4v) is 14.1. The van der Waals surface area contributed by atoms with Gasteiger partial charge >= 0.3 is 0 Å². The first-order valence-electron chi connectivity index (χ1n) is 20.9. The van der Waals surface area contributed by atoms with E-state index in [9.17, 15) is 0 Å². The molecule has 61 heavy (non-hydrogen) atoms. The maximum Gasteiger partial charge on any atom is 0.179 e. The fraction of sp³-hybridized carbons (Fsp3) is 0. The Labute approximate surface area is 357 Å². The molecule has 1 heterocycles. The molecule has 0 bridgehead atoms. The molecular weight excluding hydrogens is 755 g/mol. The lowest BCUT2D eigenvalue weighted by Crippen LogP contribution is -2.74. The van der Waals surface area contributed by atoms with Gasteiger partial charge in [-0.05, 0) is 96.2 Å². The molecule has 0 radical (unpaired) electrons. The molecule has 0 aliphatic heterocycles. The highest BCUT2D eigenvalue weighted by Crippen LogP contribution is 2.40. The SMILES string of the molecule is c1ccc([Si](c2ccccc2)(c2ccccc2)c2ccc(-c3ccc(N(c4ccc(-c5cccc6ccccc56)cc4)c4ccc5c(c4)oc4ccccc45)cc3)cc2)cc1. The van der Waals surface area contributed by atoms with Crippen molar-refractivity contribution in [3.05, 3.63) is 249 Å². The molecule has 0 spiro atoms. The molecule has 10 aromatic carbocycles. The summed E-state index contributed by atoms with van der Waals surface area (Å²) in [6.07, 6.45) is 0. The summed E-state index contributed by atoms with van der Waals surface area (Å²) in [5.74, 6) is 0. The van der Waals surface area contributed by atoms with Gasteiger partial charge in [-0.2, -0.15) is 0 Å². The Morgan fingerprint density at radius 3 is 1.34 bits per heavy atom. The summed E-state index contributed by atoms with van der Waals surface area (Å²) in [6, 6.07) is 90.5. The molecular formula is C58H41NOSi.